The number of ether oxygens (including phenoxy) is 1. The molecule has 1 aromatic heterocycles. The van der Waals surface area contributed by atoms with Gasteiger partial charge in [-0.2, -0.15) is 0 Å². The van der Waals surface area contributed by atoms with Gasteiger partial charge in [0.05, 0.1) is 30.0 Å². The van der Waals surface area contributed by atoms with Gasteiger partial charge in [0.25, 0.3) is 0 Å². The molecule has 0 unspecified atom stereocenters. The third kappa shape index (κ3) is 3.50. The Labute approximate surface area is 167 Å². The topological polar surface area (TPSA) is 58.2 Å². The molecular weight excluding hydrogens is 414 g/mol. The monoisotopic (exact) mass is 427 g/mol. The van der Waals surface area contributed by atoms with Crippen molar-refractivity contribution in [2.24, 2.45) is 0 Å². The predicted molar refractivity (Wildman–Crippen MR) is 98.4 cm³/mol. The lowest BCUT2D eigenvalue weighted by Crippen LogP contribution is -2.57. The lowest BCUT2D eigenvalue weighted by atomic mass is 9.91. The number of amides is 1. The normalized spacial score (nSPS) is 19.1. The predicted octanol–water partition coefficient (Wildman–Crippen LogP) is 4.57. The summed E-state index contributed by atoms with van der Waals surface area (Å²) in [5.41, 5.74) is 1.33. The average molecular weight is 428 g/mol. The van der Waals surface area contributed by atoms with E-state index in [9.17, 15) is 22.4 Å². The largest absolute Gasteiger partial charge is 0.493 e. The van der Waals surface area contributed by atoms with E-state index in [1.807, 2.05) is 0 Å². The van der Waals surface area contributed by atoms with E-state index >= 15 is 0 Å². The number of β-lactam (4-membered cyclic amide) rings is 1. The van der Waals surface area contributed by atoms with Crippen molar-refractivity contribution in [3.63, 3.8) is 0 Å². The molecule has 152 valence electrons. The van der Waals surface area contributed by atoms with Crippen LogP contribution in [0.2, 0.25) is 0 Å². The summed E-state index contributed by atoms with van der Waals surface area (Å²) < 4.78 is 58.7. The van der Waals surface area contributed by atoms with Crippen LogP contribution in [0.4, 0.5) is 23.2 Å². The second-order valence-corrected chi connectivity index (χ2v) is 6.96. The number of hydrogen-bond donors (Lipinski definition) is 1. The molecule has 10 heteroatoms. The molecule has 4 rings (SSSR count). The first kappa shape index (κ1) is 19.5. The lowest BCUT2D eigenvalue weighted by Gasteiger charge is -2.44. The zero-order valence-corrected chi connectivity index (χ0v) is 15.5. The number of benzene rings is 2. The second-order valence-electron chi connectivity index (χ2n) is 6.49. The van der Waals surface area contributed by atoms with Gasteiger partial charge in [0.15, 0.2) is 0 Å². The zero-order chi connectivity index (χ0) is 20.7. The third-order valence-electron chi connectivity index (χ3n) is 4.66. The van der Waals surface area contributed by atoms with Crippen LogP contribution in [0.15, 0.2) is 36.7 Å². The molecule has 29 heavy (non-hydrogen) atoms. The van der Waals surface area contributed by atoms with Gasteiger partial charge in [-0.1, -0.05) is 0 Å². The van der Waals surface area contributed by atoms with Crippen LogP contribution in [0.5, 0.6) is 5.75 Å². The molecule has 5 nitrogen and oxygen atoms in total. The first-order chi connectivity index (χ1) is 13.9. The van der Waals surface area contributed by atoms with Gasteiger partial charge in [-0.25, -0.2) is 22.5 Å². The van der Waals surface area contributed by atoms with Crippen molar-refractivity contribution in [3.8, 4) is 5.75 Å². The van der Waals surface area contributed by atoms with Crippen LogP contribution >= 0.6 is 11.6 Å². The van der Waals surface area contributed by atoms with Crippen molar-refractivity contribution >= 4 is 34.2 Å². The number of halogens is 5. The average Bonchev–Trinajstić information content (AvgIpc) is 3.14. The van der Waals surface area contributed by atoms with Gasteiger partial charge >= 0.3 is 0 Å². The Bertz CT molecular complexity index is 1050. The maximum absolute atomic E-state index is 14.7. The molecular formula is C19H14ClF4N3O2. The van der Waals surface area contributed by atoms with Gasteiger partial charge in [-0.3, -0.25) is 4.79 Å². The van der Waals surface area contributed by atoms with Crippen molar-refractivity contribution in [1.82, 2.24) is 9.97 Å². The molecule has 1 amide bonds. The van der Waals surface area contributed by atoms with Crippen molar-refractivity contribution in [2.75, 3.05) is 11.5 Å². The van der Waals surface area contributed by atoms with E-state index < -0.39 is 47.4 Å². The number of anilines is 1. The number of carbonyl (C=O) groups is 1. The van der Waals surface area contributed by atoms with Crippen LogP contribution in [0.25, 0.3) is 11.0 Å². The number of aromatic nitrogens is 2. The van der Waals surface area contributed by atoms with E-state index in [4.69, 9.17) is 16.3 Å². The Kier molecular flexibility index (Phi) is 5.08. The fourth-order valence-corrected chi connectivity index (χ4v) is 3.63. The van der Waals surface area contributed by atoms with Crippen LogP contribution in [0, 0.1) is 11.6 Å². The summed E-state index contributed by atoms with van der Waals surface area (Å²) in [7, 11) is 0. The molecule has 0 saturated carbocycles. The Balaban J connectivity index is 1.64. The number of nitrogens with one attached hydrogen (secondary N) is 1. The minimum absolute atomic E-state index is 0.216. The highest BCUT2D eigenvalue weighted by molar-refractivity contribution is 6.37. The summed E-state index contributed by atoms with van der Waals surface area (Å²) in [4.78, 5) is 20.5. The van der Waals surface area contributed by atoms with E-state index in [-0.39, 0.29) is 12.4 Å². The lowest BCUT2D eigenvalue weighted by molar-refractivity contribution is -0.123. The van der Waals surface area contributed by atoms with Gasteiger partial charge in [0.2, 0.25) is 12.3 Å². The Morgan fingerprint density at radius 2 is 1.93 bits per heavy atom. The fraction of sp³-hybridized carbons (Fsp3) is 0.263. The van der Waals surface area contributed by atoms with Crippen LogP contribution in [0.3, 0.4) is 0 Å². The number of carbonyl (C=O) groups excluding carboxylic acids is 1. The molecule has 0 bridgehead atoms. The summed E-state index contributed by atoms with van der Waals surface area (Å²) in [5.74, 6) is -2.67. The van der Waals surface area contributed by atoms with Gasteiger partial charge in [0, 0.05) is 29.8 Å². The molecule has 1 saturated heterocycles. The zero-order valence-electron chi connectivity index (χ0n) is 14.7. The fourth-order valence-electron chi connectivity index (χ4n) is 3.28. The number of rotatable bonds is 6. The maximum atomic E-state index is 14.7. The van der Waals surface area contributed by atoms with Gasteiger partial charge in [0.1, 0.15) is 22.8 Å². The quantitative estimate of drug-likeness (QED) is 0.356. The molecule has 0 aliphatic carbocycles. The molecule has 1 N–H and O–H groups in total. The molecule has 1 aliphatic rings. The molecule has 0 radical (unpaired) electrons. The van der Waals surface area contributed by atoms with Crippen molar-refractivity contribution < 1.29 is 27.1 Å². The van der Waals surface area contributed by atoms with Gasteiger partial charge < -0.3 is 14.6 Å². The first-order valence-corrected chi connectivity index (χ1v) is 9.10. The summed E-state index contributed by atoms with van der Waals surface area (Å²) >= 11 is 6.08. The first-order valence-electron chi connectivity index (χ1n) is 8.67. The highest BCUT2D eigenvalue weighted by Crippen LogP contribution is 2.44. The van der Waals surface area contributed by atoms with Crippen molar-refractivity contribution in [2.45, 2.75) is 24.3 Å². The second kappa shape index (κ2) is 7.55. The summed E-state index contributed by atoms with van der Waals surface area (Å²) in [6, 6.07) is 5.63. The summed E-state index contributed by atoms with van der Waals surface area (Å²) in [6.45, 7) is -0.383. The molecule has 0 spiro atoms. The van der Waals surface area contributed by atoms with Crippen molar-refractivity contribution in [3.05, 3.63) is 53.9 Å². The smallest absolute Gasteiger partial charge is 0.248 e. The van der Waals surface area contributed by atoms with E-state index in [0.717, 1.165) is 12.1 Å². The minimum Gasteiger partial charge on any atom is -0.493 e. The van der Waals surface area contributed by atoms with E-state index in [1.54, 1.807) is 18.2 Å². The van der Waals surface area contributed by atoms with E-state index in [2.05, 4.69) is 9.97 Å². The molecule has 1 fully saturated rings. The molecule has 2 atom stereocenters. The maximum Gasteiger partial charge on any atom is 0.248 e. The Morgan fingerprint density at radius 1 is 1.21 bits per heavy atom. The van der Waals surface area contributed by atoms with Gasteiger partial charge in [-0.15, -0.1) is 11.6 Å². The number of imidazole rings is 1. The Hall–Kier alpha value is -2.81. The number of fused-ring (bicyclic) bond motifs is 1. The van der Waals surface area contributed by atoms with Gasteiger partial charge in [-0.05, 0) is 18.2 Å². The minimum atomic E-state index is -2.58. The highest BCUT2D eigenvalue weighted by Gasteiger charge is 2.50. The SMILES string of the molecule is O=C1[C@H](Cl)[C@H](c2c(F)cc(OCCC(F)F)cc2F)N1c1ccc2nc[nH]c2c1. The number of aromatic amines is 1. The van der Waals surface area contributed by atoms with Crippen LogP contribution in [-0.2, 0) is 4.79 Å². The standard InChI is InChI=1S/C19H14ClF4N3O2/c20-17-18(16-11(21)6-10(7-12(16)22)29-4-3-15(23)24)27(19(17)28)9-1-2-13-14(5-9)26-8-25-13/h1-2,5-8,15,17-18H,3-4H2,(H,25,26)/t17-,18+/m1/s1. The number of alkyl halides is 3. The number of nitrogens with zero attached hydrogens (tertiary/aromatic N) is 2. The van der Waals surface area contributed by atoms with Crippen LogP contribution < -0.4 is 9.64 Å². The molecule has 2 aromatic carbocycles. The van der Waals surface area contributed by atoms with E-state index in [1.165, 1.54) is 11.2 Å². The highest BCUT2D eigenvalue weighted by atomic mass is 35.5. The third-order valence-corrected chi connectivity index (χ3v) is 5.09. The number of hydrogen-bond acceptors (Lipinski definition) is 3. The van der Waals surface area contributed by atoms with Crippen LogP contribution in [0.1, 0.15) is 18.0 Å². The van der Waals surface area contributed by atoms with Crippen LogP contribution in [-0.4, -0.2) is 34.3 Å². The van der Waals surface area contributed by atoms with Crippen molar-refractivity contribution in [1.29, 1.82) is 0 Å². The molecule has 3 aromatic rings. The number of H-pyrrole nitrogens is 1. The molecule has 1 aliphatic heterocycles. The molecule has 2 heterocycles. The Morgan fingerprint density at radius 3 is 2.62 bits per heavy atom. The summed E-state index contributed by atoms with van der Waals surface area (Å²) in [6.07, 6.45) is -1.65. The summed E-state index contributed by atoms with van der Waals surface area (Å²) in [5, 5.41) is -1.15. The van der Waals surface area contributed by atoms with E-state index in [0.29, 0.717) is 16.7 Å².